The van der Waals surface area contributed by atoms with E-state index in [-0.39, 0.29) is 17.9 Å². The predicted molar refractivity (Wildman–Crippen MR) is 52.6 cm³/mol. The Hall–Kier alpha value is -0.710. The van der Waals surface area contributed by atoms with Crippen LogP contribution in [-0.4, -0.2) is 47.9 Å². The van der Waals surface area contributed by atoms with E-state index in [1.165, 1.54) is 6.92 Å². The molecule has 1 N–H and O–H groups in total. The molecule has 1 rings (SSSR count). The minimum absolute atomic E-state index is 0.0195. The van der Waals surface area contributed by atoms with Crippen LogP contribution in [0.15, 0.2) is 0 Å². The molecule has 1 aliphatic heterocycles. The highest BCUT2D eigenvalue weighted by atomic mass is 32.2. The third kappa shape index (κ3) is 2.37. The molecule has 1 saturated heterocycles. The molecule has 4 nitrogen and oxygen atoms in total. The molecule has 0 spiro atoms. The third-order valence-corrected chi connectivity index (χ3v) is 3.10. The highest BCUT2D eigenvalue weighted by Crippen LogP contribution is 2.16. The van der Waals surface area contributed by atoms with Crippen LogP contribution in [0.4, 0.5) is 0 Å². The molecule has 74 valence electrons. The van der Waals surface area contributed by atoms with Gasteiger partial charge in [-0.1, -0.05) is 0 Å². The van der Waals surface area contributed by atoms with Crippen LogP contribution in [0, 0.1) is 0 Å². The Morgan fingerprint density at radius 2 is 2.23 bits per heavy atom. The molecule has 0 radical (unpaired) electrons. The number of nitrogens with zero attached hydrogens (tertiary/aromatic N) is 1. The van der Waals surface area contributed by atoms with E-state index < -0.39 is 0 Å². The number of hydrogen-bond donors (Lipinski definition) is 1. The lowest BCUT2D eigenvalue weighted by molar-refractivity contribution is -0.137. The molecule has 1 atom stereocenters. The highest BCUT2D eigenvalue weighted by Gasteiger charge is 2.29. The summed E-state index contributed by atoms with van der Waals surface area (Å²) in [6.45, 7) is 2.18. The summed E-state index contributed by atoms with van der Waals surface area (Å²) in [7, 11) is 1.60. The van der Waals surface area contributed by atoms with Gasteiger partial charge in [0.1, 0.15) is 6.04 Å². The number of thioether (sulfide) groups is 1. The van der Waals surface area contributed by atoms with E-state index in [0.717, 1.165) is 5.75 Å². The van der Waals surface area contributed by atoms with E-state index >= 15 is 0 Å². The molecule has 0 aromatic heterocycles. The summed E-state index contributed by atoms with van der Waals surface area (Å²) < 4.78 is 0. The van der Waals surface area contributed by atoms with Crippen LogP contribution in [0.2, 0.25) is 0 Å². The maximum absolute atomic E-state index is 11.4. The minimum atomic E-state index is -0.277. The van der Waals surface area contributed by atoms with E-state index in [9.17, 15) is 9.59 Å². The van der Waals surface area contributed by atoms with Crippen LogP contribution in [0.3, 0.4) is 0 Å². The highest BCUT2D eigenvalue weighted by molar-refractivity contribution is 7.99. The van der Waals surface area contributed by atoms with Crippen molar-refractivity contribution in [2.45, 2.75) is 13.0 Å². The maximum Gasteiger partial charge on any atom is 0.243 e. The molecular formula is C8H14N2O2S. The van der Waals surface area contributed by atoms with Crippen LogP contribution in [0.1, 0.15) is 6.92 Å². The Bertz CT molecular complexity index is 220. The zero-order valence-corrected chi connectivity index (χ0v) is 8.69. The Labute approximate surface area is 82.0 Å². The number of rotatable bonds is 1. The summed E-state index contributed by atoms with van der Waals surface area (Å²) >= 11 is 1.71. The van der Waals surface area contributed by atoms with Crippen molar-refractivity contribution >= 4 is 23.6 Å². The van der Waals surface area contributed by atoms with Gasteiger partial charge in [0.05, 0.1) is 0 Å². The molecule has 1 fully saturated rings. The third-order valence-electron chi connectivity index (χ3n) is 2.08. The van der Waals surface area contributed by atoms with E-state index in [1.54, 1.807) is 23.7 Å². The van der Waals surface area contributed by atoms with Gasteiger partial charge in [-0.3, -0.25) is 9.59 Å². The topological polar surface area (TPSA) is 49.4 Å². The molecule has 0 saturated carbocycles. The predicted octanol–water partition coefficient (Wildman–Crippen LogP) is -0.304. The summed E-state index contributed by atoms with van der Waals surface area (Å²) in [6, 6.07) is -0.277. The van der Waals surface area contributed by atoms with Crippen molar-refractivity contribution in [3.63, 3.8) is 0 Å². The molecule has 0 aliphatic carbocycles. The second-order valence-corrected chi connectivity index (χ2v) is 4.07. The average Bonchev–Trinajstić information content (AvgIpc) is 2.16. The summed E-state index contributed by atoms with van der Waals surface area (Å²) in [6.07, 6.45) is 0. The van der Waals surface area contributed by atoms with Crippen molar-refractivity contribution in [1.82, 2.24) is 10.2 Å². The van der Waals surface area contributed by atoms with Gasteiger partial charge in [-0.15, -0.1) is 0 Å². The quantitative estimate of drug-likeness (QED) is 0.635. The van der Waals surface area contributed by atoms with Crippen molar-refractivity contribution in [3.8, 4) is 0 Å². The van der Waals surface area contributed by atoms with Crippen molar-refractivity contribution in [2.24, 2.45) is 0 Å². The number of carbonyl (C=O) groups is 2. The molecular weight excluding hydrogens is 188 g/mol. The maximum atomic E-state index is 11.4. The first-order valence-electron chi connectivity index (χ1n) is 4.23. The molecule has 13 heavy (non-hydrogen) atoms. The first-order valence-corrected chi connectivity index (χ1v) is 5.39. The van der Waals surface area contributed by atoms with E-state index in [4.69, 9.17) is 0 Å². The number of carbonyl (C=O) groups excluding carboxylic acids is 2. The second kappa shape index (κ2) is 4.50. The van der Waals surface area contributed by atoms with Gasteiger partial charge in [0, 0.05) is 32.0 Å². The molecule has 1 aliphatic rings. The number of amides is 2. The minimum Gasteiger partial charge on any atom is -0.357 e. The molecule has 2 amide bonds. The van der Waals surface area contributed by atoms with E-state index in [2.05, 4.69) is 5.32 Å². The molecule has 1 heterocycles. The SMILES string of the molecule is CNC(=O)C1CSCCN1C(C)=O. The van der Waals surface area contributed by atoms with Crippen LogP contribution >= 0.6 is 11.8 Å². The summed E-state index contributed by atoms with van der Waals surface area (Å²) in [4.78, 5) is 24.2. The Balaban J connectivity index is 2.67. The molecule has 0 aromatic rings. The lowest BCUT2D eigenvalue weighted by Gasteiger charge is -2.33. The van der Waals surface area contributed by atoms with Gasteiger partial charge >= 0.3 is 0 Å². The van der Waals surface area contributed by atoms with Gasteiger partial charge in [0.15, 0.2) is 0 Å². The van der Waals surface area contributed by atoms with Gasteiger partial charge in [-0.25, -0.2) is 0 Å². The summed E-state index contributed by atoms with van der Waals surface area (Å²) in [5.41, 5.74) is 0. The smallest absolute Gasteiger partial charge is 0.243 e. The van der Waals surface area contributed by atoms with Crippen molar-refractivity contribution in [1.29, 1.82) is 0 Å². The molecule has 0 aromatic carbocycles. The lowest BCUT2D eigenvalue weighted by Crippen LogP contribution is -2.52. The van der Waals surface area contributed by atoms with Crippen molar-refractivity contribution in [2.75, 3.05) is 25.1 Å². The fourth-order valence-electron chi connectivity index (χ4n) is 1.36. The van der Waals surface area contributed by atoms with Gasteiger partial charge in [-0.2, -0.15) is 11.8 Å². The number of nitrogens with one attached hydrogen (secondary N) is 1. The molecule has 1 unspecified atom stereocenters. The van der Waals surface area contributed by atoms with Crippen LogP contribution in [-0.2, 0) is 9.59 Å². The van der Waals surface area contributed by atoms with Gasteiger partial charge in [0.2, 0.25) is 11.8 Å². The fraction of sp³-hybridized carbons (Fsp3) is 0.750. The van der Waals surface area contributed by atoms with E-state index in [0.29, 0.717) is 12.3 Å². The van der Waals surface area contributed by atoms with E-state index in [1.807, 2.05) is 0 Å². The van der Waals surface area contributed by atoms with Crippen LogP contribution in [0.25, 0.3) is 0 Å². The van der Waals surface area contributed by atoms with Crippen molar-refractivity contribution < 1.29 is 9.59 Å². The fourth-order valence-corrected chi connectivity index (χ4v) is 2.41. The average molecular weight is 202 g/mol. The van der Waals surface area contributed by atoms with Crippen LogP contribution in [0.5, 0.6) is 0 Å². The largest absolute Gasteiger partial charge is 0.357 e. The molecule has 5 heteroatoms. The van der Waals surface area contributed by atoms with Crippen molar-refractivity contribution in [3.05, 3.63) is 0 Å². The Morgan fingerprint density at radius 3 is 2.77 bits per heavy atom. The number of hydrogen-bond acceptors (Lipinski definition) is 3. The molecule has 0 bridgehead atoms. The first-order chi connectivity index (χ1) is 6.16. The standard InChI is InChI=1S/C8H14N2O2S/c1-6(11)10-3-4-13-5-7(10)8(12)9-2/h7H,3-5H2,1-2H3,(H,9,12). The van der Waals surface area contributed by atoms with Crippen LogP contribution < -0.4 is 5.32 Å². The van der Waals surface area contributed by atoms with Gasteiger partial charge in [-0.05, 0) is 0 Å². The monoisotopic (exact) mass is 202 g/mol. The van der Waals surface area contributed by atoms with Gasteiger partial charge < -0.3 is 10.2 Å². The summed E-state index contributed by atoms with van der Waals surface area (Å²) in [5, 5.41) is 2.57. The zero-order chi connectivity index (χ0) is 9.84. The Morgan fingerprint density at radius 1 is 1.54 bits per heavy atom. The lowest BCUT2D eigenvalue weighted by atomic mass is 10.2. The Kier molecular flexibility index (Phi) is 3.59. The number of likely N-dealkylation sites (N-methyl/N-ethyl adjacent to an activating group) is 1. The van der Waals surface area contributed by atoms with Gasteiger partial charge in [0.25, 0.3) is 0 Å². The normalized spacial score (nSPS) is 22.6. The first kappa shape index (κ1) is 10.4. The summed E-state index contributed by atoms with van der Waals surface area (Å²) in [5.74, 6) is 1.54. The zero-order valence-electron chi connectivity index (χ0n) is 7.87. The second-order valence-electron chi connectivity index (χ2n) is 2.92.